The van der Waals surface area contributed by atoms with Crippen LogP contribution in [0.25, 0.3) is 0 Å². The van der Waals surface area contributed by atoms with Crippen molar-refractivity contribution in [1.29, 1.82) is 0 Å². The third-order valence-electron chi connectivity index (χ3n) is 2.77. The van der Waals surface area contributed by atoms with Gasteiger partial charge >= 0.3 is 0 Å². The predicted molar refractivity (Wildman–Crippen MR) is 77.9 cm³/mol. The molecular formula is C12H17BrN2O3S. The first-order valence-corrected chi connectivity index (χ1v) is 7.79. The van der Waals surface area contributed by atoms with Gasteiger partial charge in [0.15, 0.2) is 11.1 Å². The summed E-state index contributed by atoms with van der Waals surface area (Å²) in [5.41, 5.74) is 6.00. The largest absolute Gasteiger partial charge is 0.369 e. The number of carbonyl (C=O) groups is 1. The number of hydrogen-bond acceptors (Lipinski definition) is 3. The van der Waals surface area contributed by atoms with E-state index >= 15 is 0 Å². The Morgan fingerprint density at radius 3 is 2.53 bits per heavy atom. The molecule has 0 bridgehead atoms. The number of rotatable bonds is 6. The summed E-state index contributed by atoms with van der Waals surface area (Å²) in [5, 5.41) is -1.12. The Morgan fingerprint density at radius 2 is 2.16 bits per heavy atom. The molecule has 0 spiro atoms. The molecule has 19 heavy (non-hydrogen) atoms. The van der Waals surface area contributed by atoms with Crippen molar-refractivity contribution in [3.8, 4) is 0 Å². The van der Waals surface area contributed by atoms with Crippen LogP contribution >= 0.6 is 15.9 Å². The topological polar surface area (TPSA) is 93.3 Å². The average Bonchev–Trinajstić information content (AvgIpc) is 2.27. The maximum absolute atomic E-state index is 11.4. The van der Waals surface area contributed by atoms with Gasteiger partial charge in [-0.1, -0.05) is 19.9 Å². The van der Waals surface area contributed by atoms with E-state index in [-0.39, 0.29) is 5.92 Å². The zero-order valence-electron chi connectivity index (χ0n) is 10.7. The molecule has 0 radical (unpaired) electrons. The molecule has 0 saturated carbocycles. The van der Waals surface area contributed by atoms with Crippen LogP contribution < -0.4 is 5.73 Å². The number of aromatic nitrogens is 1. The molecule has 0 fully saturated rings. The van der Waals surface area contributed by atoms with Gasteiger partial charge < -0.3 is 10.3 Å². The minimum absolute atomic E-state index is 0.263. The molecular weight excluding hydrogens is 332 g/mol. The highest BCUT2D eigenvalue weighted by Gasteiger charge is 2.33. The summed E-state index contributed by atoms with van der Waals surface area (Å²) in [7, 11) is 0. The zero-order chi connectivity index (χ0) is 14.6. The van der Waals surface area contributed by atoms with Gasteiger partial charge in [0.2, 0.25) is 5.91 Å². The van der Waals surface area contributed by atoms with E-state index in [1.165, 1.54) is 0 Å². The molecule has 3 unspecified atom stereocenters. The maximum atomic E-state index is 11.4. The first-order chi connectivity index (χ1) is 8.82. The van der Waals surface area contributed by atoms with E-state index in [9.17, 15) is 13.6 Å². The molecule has 1 aromatic heterocycles. The fraction of sp³-hybridized carbons (Fsp3) is 0.500. The quantitative estimate of drug-likeness (QED) is 0.607. The number of nitrogens with zero attached hydrogens (tertiary/aromatic N) is 1. The smallest absolute Gasteiger partial charge is 0.236 e. The second kappa shape index (κ2) is 7.12. The van der Waals surface area contributed by atoms with E-state index in [4.69, 9.17) is 5.73 Å². The van der Waals surface area contributed by atoms with Crippen molar-refractivity contribution in [1.82, 2.24) is 4.98 Å². The van der Waals surface area contributed by atoms with Gasteiger partial charge in [-0.15, -0.1) is 0 Å². The average molecular weight is 349 g/mol. The second-order valence-corrected chi connectivity index (χ2v) is 6.62. The fourth-order valence-electron chi connectivity index (χ4n) is 1.99. The van der Waals surface area contributed by atoms with Crippen LogP contribution in [0.5, 0.6) is 0 Å². The van der Waals surface area contributed by atoms with Gasteiger partial charge in [0.1, 0.15) is 9.85 Å². The Balaban J connectivity index is 3.15. The Labute approximate surface area is 123 Å². The molecule has 0 aliphatic carbocycles. The van der Waals surface area contributed by atoms with E-state index in [0.717, 1.165) is 5.56 Å². The summed E-state index contributed by atoms with van der Waals surface area (Å²) >= 11 is 0.928. The van der Waals surface area contributed by atoms with Gasteiger partial charge in [-0.25, -0.2) is 9.19 Å². The highest BCUT2D eigenvalue weighted by Crippen LogP contribution is 2.30. The van der Waals surface area contributed by atoms with Crippen molar-refractivity contribution >= 4 is 32.9 Å². The summed E-state index contributed by atoms with van der Waals surface area (Å²) in [6.45, 7) is 3.97. The SMILES string of the molecule is CC(C)CC(c1ccc(Br)nc1)C(C(N)=O)S(=O)O. The molecule has 1 aromatic rings. The number of nitrogens with two attached hydrogens (primary N) is 1. The Morgan fingerprint density at radius 1 is 1.53 bits per heavy atom. The van der Waals surface area contributed by atoms with Crippen LogP contribution in [0.3, 0.4) is 0 Å². The van der Waals surface area contributed by atoms with E-state index < -0.39 is 28.2 Å². The normalized spacial score (nSPS) is 16.1. The third kappa shape index (κ3) is 4.67. The van der Waals surface area contributed by atoms with Crippen LogP contribution in [0.1, 0.15) is 31.7 Å². The summed E-state index contributed by atoms with van der Waals surface area (Å²) in [6, 6.07) is 3.52. The number of primary amides is 1. The second-order valence-electron chi connectivity index (χ2n) is 4.75. The van der Waals surface area contributed by atoms with Crippen molar-refractivity contribution in [3.63, 3.8) is 0 Å². The number of carbonyl (C=O) groups excluding carboxylic acids is 1. The van der Waals surface area contributed by atoms with Gasteiger partial charge in [0.05, 0.1) is 0 Å². The van der Waals surface area contributed by atoms with E-state index in [1.807, 2.05) is 13.8 Å². The van der Waals surface area contributed by atoms with Crippen LogP contribution in [0.15, 0.2) is 22.9 Å². The van der Waals surface area contributed by atoms with Gasteiger partial charge in [-0.2, -0.15) is 0 Å². The first kappa shape index (κ1) is 16.3. The van der Waals surface area contributed by atoms with Crippen LogP contribution in [-0.2, 0) is 15.9 Å². The molecule has 1 amide bonds. The van der Waals surface area contributed by atoms with Gasteiger partial charge in [0.25, 0.3) is 0 Å². The molecule has 3 N–H and O–H groups in total. The molecule has 7 heteroatoms. The highest BCUT2D eigenvalue weighted by molar-refractivity contribution is 9.10. The van der Waals surface area contributed by atoms with Crippen molar-refractivity contribution < 1.29 is 13.6 Å². The maximum Gasteiger partial charge on any atom is 0.236 e. The zero-order valence-corrected chi connectivity index (χ0v) is 13.1. The summed E-state index contributed by atoms with van der Waals surface area (Å²) in [5.74, 6) is -0.919. The lowest BCUT2D eigenvalue weighted by atomic mass is 9.88. The van der Waals surface area contributed by atoms with Crippen LogP contribution in [0.4, 0.5) is 0 Å². The van der Waals surface area contributed by atoms with Crippen molar-refractivity contribution in [3.05, 3.63) is 28.5 Å². The van der Waals surface area contributed by atoms with E-state index in [1.54, 1.807) is 18.3 Å². The summed E-state index contributed by atoms with van der Waals surface area (Å²) in [6.07, 6.45) is 2.18. The summed E-state index contributed by atoms with van der Waals surface area (Å²) in [4.78, 5) is 15.5. The molecule has 1 heterocycles. The number of hydrogen-bond donors (Lipinski definition) is 2. The highest BCUT2D eigenvalue weighted by atomic mass is 79.9. The molecule has 0 aliphatic heterocycles. The summed E-state index contributed by atoms with van der Waals surface area (Å²) < 4.78 is 21.4. The fourth-order valence-corrected chi connectivity index (χ4v) is 2.97. The minimum atomic E-state index is -2.30. The first-order valence-electron chi connectivity index (χ1n) is 5.83. The predicted octanol–water partition coefficient (Wildman–Crippen LogP) is 2.05. The van der Waals surface area contributed by atoms with Crippen molar-refractivity contribution in [2.45, 2.75) is 31.4 Å². The van der Waals surface area contributed by atoms with Crippen molar-refractivity contribution in [2.24, 2.45) is 11.7 Å². The number of pyridine rings is 1. The Bertz CT molecular complexity index is 451. The molecule has 3 atom stereocenters. The van der Waals surface area contributed by atoms with E-state index in [0.29, 0.717) is 11.0 Å². The third-order valence-corrected chi connectivity index (χ3v) is 4.23. The van der Waals surface area contributed by atoms with Gasteiger partial charge in [-0.05, 0) is 39.9 Å². The molecule has 106 valence electrons. The lowest BCUT2D eigenvalue weighted by molar-refractivity contribution is -0.118. The molecule has 5 nitrogen and oxygen atoms in total. The molecule has 1 rings (SSSR count). The minimum Gasteiger partial charge on any atom is -0.369 e. The molecule has 0 saturated heterocycles. The van der Waals surface area contributed by atoms with E-state index in [2.05, 4.69) is 20.9 Å². The standard InChI is InChI=1S/C12H17BrN2O3S/c1-7(2)5-9(11(12(14)16)19(17)18)8-3-4-10(13)15-6-8/h3-4,6-7,9,11H,5H2,1-2H3,(H2,14,16)(H,17,18). The molecule has 0 aliphatic rings. The molecule has 0 aromatic carbocycles. The van der Waals surface area contributed by atoms with Crippen LogP contribution in [-0.4, -0.2) is 24.9 Å². The monoisotopic (exact) mass is 348 g/mol. The number of halogens is 1. The Hall–Kier alpha value is -0.790. The van der Waals surface area contributed by atoms with Gasteiger partial charge in [0, 0.05) is 12.1 Å². The Kier molecular flexibility index (Phi) is 6.09. The van der Waals surface area contributed by atoms with Crippen LogP contribution in [0.2, 0.25) is 0 Å². The van der Waals surface area contributed by atoms with Crippen molar-refractivity contribution in [2.75, 3.05) is 0 Å². The lowest BCUT2D eigenvalue weighted by Gasteiger charge is -2.24. The van der Waals surface area contributed by atoms with Crippen LogP contribution in [0, 0.1) is 5.92 Å². The lowest BCUT2D eigenvalue weighted by Crippen LogP contribution is -2.38. The number of amides is 1. The van der Waals surface area contributed by atoms with Gasteiger partial charge in [-0.3, -0.25) is 4.79 Å².